The molecule has 0 heterocycles. The zero-order valence-corrected chi connectivity index (χ0v) is 14.6. The van der Waals surface area contributed by atoms with Gasteiger partial charge in [-0.05, 0) is 60.7 Å². The van der Waals surface area contributed by atoms with Crippen LogP contribution < -0.4 is 0 Å². The van der Waals surface area contributed by atoms with E-state index in [4.69, 9.17) is 0 Å². The third-order valence-electron chi connectivity index (χ3n) is 6.42. The minimum absolute atomic E-state index is 0.698. The van der Waals surface area contributed by atoms with E-state index in [0.717, 1.165) is 29.6 Å². The molecule has 5 unspecified atom stereocenters. The lowest BCUT2D eigenvalue weighted by Crippen LogP contribution is -2.39. The van der Waals surface area contributed by atoms with Gasteiger partial charge in [0.15, 0.2) is 0 Å². The first-order valence-electron chi connectivity index (χ1n) is 9.13. The Hall–Kier alpha value is 0. The van der Waals surface area contributed by atoms with Crippen molar-refractivity contribution in [1.82, 2.24) is 0 Å². The highest BCUT2D eigenvalue weighted by atomic mass is 14.6. The van der Waals surface area contributed by atoms with Gasteiger partial charge >= 0.3 is 0 Å². The minimum atomic E-state index is 0.698. The summed E-state index contributed by atoms with van der Waals surface area (Å²) in [6, 6.07) is 0. The predicted molar refractivity (Wildman–Crippen MR) is 87.3 cm³/mol. The van der Waals surface area contributed by atoms with Crippen molar-refractivity contribution in [2.45, 2.75) is 87.0 Å². The van der Waals surface area contributed by atoms with Crippen LogP contribution in [0.5, 0.6) is 0 Å². The molecule has 5 atom stereocenters. The van der Waals surface area contributed by atoms with E-state index in [0.29, 0.717) is 5.41 Å². The van der Waals surface area contributed by atoms with Crippen molar-refractivity contribution in [3.8, 4) is 0 Å². The Morgan fingerprint density at radius 3 is 1.95 bits per heavy atom. The van der Waals surface area contributed by atoms with Gasteiger partial charge in [-0.15, -0.1) is 0 Å². The molecule has 3 aliphatic rings. The fraction of sp³-hybridized carbons (Fsp3) is 1.00. The number of rotatable bonds is 1. The van der Waals surface area contributed by atoms with E-state index in [1.807, 2.05) is 27.7 Å². The number of hydrogen-bond donors (Lipinski definition) is 0. The van der Waals surface area contributed by atoms with E-state index >= 15 is 0 Å². The molecule has 0 N–H and O–H groups in total. The van der Waals surface area contributed by atoms with E-state index in [-0.39, 0.29) is 0 Å². The second kappa shape index (κ2) is 7.14. The quantitative estimate of drug-likeness (QED) is 0.505. The van der Waals surface area contributed by atoms with Gasteiger partial charge < -0.3 is 0 Å². The van der Waals surface area contributed by atoms with Gasteiger partial charge in [0.2, 0.25) is 0 Å². The Balaban J connectivity index is 0.000000415. The highest BCUT2D eigenvalue weighted by molar-refractivity contribution is 5.07. The summed E-state index contributed by atoms with van der Waals surface area (Å²) in [5.74, 6) is 5.39. The molecule has 0 amide bonds. The molecule has 0 aliphatic heterocycles. The normalized spacial score (nSPS) is 42.9. The van der Waals surface area contributed by atoms with Crippen LogP contribution in [0.2, 0.25) is 0 Å². The third kappa shape index (κ3) is 2.88. The first-order chi connectivity index (χ1) is 9.13. The fourth-order valence-corrected chi connectivity index (χ4v) is 5.32. The molecule has 0 saturated heterocycles. The number of fused-ring (bicyclic) bond motifs is 5. The molecule has 0 aromatic heterocycles. The summed E-state index contributed by atoms with van der Waals surface area (Å²) in [5, 5.41) is 0. The molecule has 19 heavy (non-hydrogen) atoms. The standard InChI is InChI=1S/C15H26.2C2H6/c1-10(2)15(3)9-11-8-14(15)13-7-5-4-6-12(11)13;2*1-2/h10-14H,4-9H2,1-3H3;2*1-2H3. The summed E-state index contributed by atoms with van der Waals surface area (Å²) in [5.41, 5.74) is 0.698. The highest BCUT2D eigenvalue weighted by Gasteiger charge is 2.58. The first-order valence-corrected chi connectivity index (χ1v) is 9.13. The van der Waals surface area contributed by atoms with Gasteiger partial charge in [-0.3, -0.25) is 0 Å². The maximum absolute atomic E-state index is 2.59. The van der Waals surface area contributed by atoms with Crippen LogP contribution in [-0.2, 0) is 0 Å². The molecule has 0 spiro atoms. The zero-order chi connectivity index (χ0) is 14.6. The predicted octanol–water partition coefficient (Wildman–Crippen LogP) is 6.55. The molecule has 3 rings (SSSR count). The van der Waals surface area contributed by atoms with E-state index in [2.05, 4.69) is 20.8 Å². The average Bonchev–Trinajstić information content (AvgIpc) is 3.00. The molecule has 0 heteroatoms. The van der Waals surface area contributed by atoms with E-state index < -0.39 is 0 Å². The Kier molecular flexibility index (Phi) is 6.40. The molecule has 0 aromatic rings. The first kappa shape index (κ1) is 17.1. The van der Waals surface area contributed by atoms with Crippen molar-refractivity contribution in [3.63, 3.8) is 0 Å². The van der Waals surface area contributed by atoms with E-state index in [1.165, 1.54) is 12.8 Å². The molecule has 0 radical (unpaired) electrons. The van der Waals surface area contributed by atoms with Crippen molar-refractivity contribution in [2.24, 2.45) is 35.0 Å². The lowest BCUT2D eigenvalue weighted by Gasteiger charge is -2.47. The Labute approximate surface area is 122 Å². The third-order valence-corrected chi connectivity index (χ3v) is 6.42. The van der Waals surface area contributed by atoms with Crippen LogP contribution in [-0.4, -0.2) is 0 Å². The molecular weight excluding hydrogens is 228 g/mol. The lowest BCUT2D eigenvalue weighted by atomic mass is 9.58. The van der Waals surface area contributed by atoms with Crippen LogP contribution in [0.15, 0.2) is 0 Å². The zero-order valence-electron chi connectivity index (χ0n) is 14.6. The van der Waals surface area contributed by atoms with Crippen LogP contribution in [0.25, 0.3) is 0 Å². The van der Waals surface area contributed by atoms with Gasteiger partial charge in [-0.1, -0.05) is 61.3 Å². The summed E-state index contributed by atoms with van der Waals surface area (Å²) in [7, 11) is 0. The van der Waals surface area contributed by atoms with Crippen molar-refractivity contribution in [3.05, 3.63) is 0 Å². The van der Waals surface area contributed by atoms with Crippen molar-refractivity contribution >= 4 is 0 Å². The Morgan fingerprint density at radius 2 is 1.42 bits per heavy atom. The van der Waals surface area contributed by atoms with Crippen LogP contribution in [0.3, 0.4) is 0 Å². The van der Waals surface area contributed by atoms with E-state index in [1.54, 1.807) is 25.7 Å². The van der Waals surface area contributed by atoms with Gasteiger partial charge in [0, 0.05) is 0 Å². The summed E-state index contributed by atoms with van der Waals surface area (Å²) in [4.78, 5) is 0. The maximum atomic E-state index is 2.59. The Morgan fingerprint density at radius 1 is 0.895 bits per heavy atom. The minimum Gasteiger partial charge on any atom is -0.0683 e. The Bertz CT molecular complexity index is 255. The van der Waals surface area contributed by atoms with Crippen molar-refractivity contribution in [1.29, 1.82) is 0 Å². The monoisotopic (exact) mass is 266 g/mol. The van der Waals surface area contributed by atoms with Crippen LogP contribution in [0.1, 0.15) is 87.0 Å². The van der Waals surface area contributed by atoms with Gasteiger partial charge in [0.1, 0.15) is 0 Å². The fourth-order valence-electron chi connectivity index (χ4n) is 5.32. The molecule has 2 bridgehead atoms. The smallest absolute Gasteiger partial charge is 0.0269 e. The summed E-state index contributed by atoms with van der Waals surface area (Å²) >= 11 is 0. The lowest BCUT2D eigenvalue weighted by molar-refractivity contribution is 0.0204. The van der Waals surface area contributed by atoms with E-state index in [9.17, 15) is 0 Å². The van der Waals surface area contributed by atoms with Crippen LogP contribution in [0, 0.1) is 35.0 Å². The highest BCUT2D eigenvalue weighted by Crippen LogP contribution is 2.66. The second-order valence-electron chi connectivity index (χ2n) is 7.08. The van der Waals surface area contributed by atoms with Crippen LogP contribution >= 0.6 is 0 Å². The van der Waals surface area contributed by atoms with Gasteiger partial charge in [0.25, 0.3) is 0 Å². The maximum Gasteiger partial charge on any atom is -0.0269 e. The summed E-state index contributed by atoms with van der Waals surface area (Å²) in [6.07, 6.45) is 9.33. The second-order valence-corrected chi connectivity index (χ2v) is 7.08. The summed E-state index contributed by atoms with van der Waals surface area (Å²) < 4.78 is 0. The largest absolute Gasteiger partial charge is 0.0683 e. The molecule has 0 aromatic carbocycles. The van der Waals surface area contributed by atoms with Crippen molar-refractivity contribution in [2.75, 3.05) is 0 Å². The van der Waals surface area contributed by atoms with Crippen molar-refractivity contribution < 1.29 is 0 Å². The van der Waals surface area contributed by atoms with Gasteiger partial charge in [0.05, 0.1) is 0 Å². The number of hydrogen-bond acceptors (Lipinski definition) is 0. The van der Waals surface area contributed by atoms with Crippen LogP contribution in [0.4, 0.5) is 0 Å². The molecule has 3 saturated carbocycles. The average molecular weight is 267 g/mol. The molecular formula is C19H38. The topological polar surface area (TPSA) is 0 Å². The molecule has 3 aliphatic carbocycles. The van der Waals surface area contributed by atoms with Gasteiger partial charge in [-0.25, -0.2) is 0 Å². The molecule has 0 nitrogen and oxygen atoms in total. The summed E-state index contributed by atoms with van der Waals surface area (Å²) in [6.45, 7) is 15.5. The molecule has 3 fully saturated rings. The molecule has 114 valence electrons. The SMILES string of the molecule is CC.CC.CC(C)C1(C)CC2CC1C1CCCCC21. The van der Waals surface area contributed by atoms with Gasteiger partial charge in [-0.2, -0.15) is 0 Å².